The zero-order chi connectivity index (χ0) is 16.7. The van der Waals surface area contributed by atoms with Crippen LogP contribution in [0.5, 0.6) is 0 Å². The van der Waals surface area contributed by atoms with Crippen LogP contribution in [0.25, 0.3) is 0 Å². The number of ether oxygens (including phenoxy) is 1. The molecular formula is C16H22ClN3O3. The van der Waals surface area contributed by atoms with Crippen molar-refractivity contribution in [3.05, 3.63) is 29.3 Å². The molecule has 1 saturated heterocycles. The lowest BCUT2D eigenvalue weighted by Crippen LogP contribution is -2.39. The molecular weight excluding hydrogens is 318 g/mol. The molecule has 0 bridgehead atoms. The van der Waals surface area contributed by atoms with Gasteiger partial charge >= 0.3 is 0 Å². The molecule has 1 fully saturated rings. The van der Waals surface area contributed by atoms with Gasteiger partial charge in [-0.15, -0.1) is 0 Å². The van der Waals surface area contributed by atoms with E-state index < -0.39 is 5.92 Å². The van der Waals surface area contributed by atoms with Gasteiger partial charge in [-0.25, -0.2) is 0 Å². The Hall–Kier alpha value is -1.63. The number of hydrogen-bond donors (Lipinski definition) is 2. The van der Waals surface area contributed by atoms with Gasteiger partial charge in [-0.3, -0.25) is 9.59 Å². The van der Waals surface area contributed by atoms with Gasteiger partial charge in [0.25, 0.3) is 0 Å². The molecule has 0 spiro atoms. The van der Waals surface area contributed by atoms with Crippen molar-refractivity contribution in [1.82, 2.24) is 10.6 Å². The molecule has 6 nitrogen and oxygen atoms in total. The molecule has 1 heterocycles. The Kier molecular flexibility index (Phi) is 6.83. The van der Waals surface area contributed by atoms with Crippen molar-refractivity contribution in [2.45, 2.75) is 6.42 Å². The maximum absolute atomic E-state index is 12.4. The van der Waals surface area contributed by atoms with Gasteiger partial charge in [-0.1, -0.05) is 11.6 Å². The van der Waals surface area contributed by atoms with Gasteiger partial charge in [0.05, 0.1) is 6.61 Å². The lowest BCUT2D eigenvalue weighted by molar-refractivity contribution is -0.132. The Labute approximate surface area is 141 Å². The number of carbonyl (C=O) groups excluding carboxylic acids is 2. The molecule has 1 atom stereocenters. The molecule has 2 amide bonds. The topological polar surface area (TPSA) is 70.7 Å². The summed E-state index contributed by atoms with van der Waals surface area (Å²) in [4.78, 5) is 26.2. The fourth-order valence-corrected chi connectivity index (χ4v) is 2.62. The molecule has 1 aliphatic heterocycles. The van der Waals surface area contributed by atoms with Crippen LogP contribution in [-0.2, 0) is 14.3 Å². The van der Waals surface area contributed by atoms with Crippen LogP contribution in [0.1, 0.15) is 6.42 Å². The Balaban J connectivity index is 1.79. The zero-order valence-electron chi connectivity index (χ0n) is 13.2. The lowest BCUT2D eigenvalue weighted by Gasteiger charge is -2.17. The highest BCUT2D eigenvalue weighted by molar-refractivity contribution is 6.30. The van der Waals surface area contributed by atoms with E-state index in [9.17, 15) is 9.59 Å². The molecule has 1 aromatic carbocycles. The van der Waals surface area contributed by atoms with E-state index in [1.165, 1.54) is 0 Å². The molecule has 23 heavy (non-hydrogen) atoms. The van der Waals surface area contributed by atoms with Gasteiger partial charge in [0.1, 0.15) is 5.92 Å². The third-order valence-electron chi connectivity index (χ3n) is 3.74. The number of carbonyl (C=O) groups is 2. The van der Waals surface area contributed by atoms with Gasteiger partial charge in [0.15, 0.2) is 0 Å². The van der Waals surface area contributed by atoms with Crippen molar-refractivity contribution in [3.8, 4) is 0 Å². The molecule has 0 aliphatic carbocycles. The van der Waals surface area contributed by atoms with Gasteiger partial charge in [-0.05, 0) is 30.7 Å². The third-order valence-corrected chi connectivity index (χ3v) is 4.00. The SMILES string of the molecule is COCCNCCNC(=O)C1CCN(c2ccc(Cl)cc2)C1=O. The summed E-state index contributed by atoms with van der Waals surface area (Å²) in [6.45, 7) is 3.05. The second kappa shape index (κ2) is 8.86. The summed E-state index contributed by atoms with van der Waals surface area (Å²) in [5, 5.41) is 6.56. The summed E-state index contributed by atoms with van der Waals surface area (Å²) in [7, 11) is 1.64. The minimum absolute atomic E-state index is 0.155. The average Bonchev–Trinajstić information content (AvgIpc) is 2.93. The molecule has 1 unspecified atom stereocenters. The van der Waals surface area contributed by atoms with Crippen molar-refractivity contribution in [1.29, 1.82) is 0 Å². The molecule has 1 aromatic rings. The maximum atomic E-state index is 12.4. The standard InChI is InChI=1S/C16H22ClN3O3/c1-23-11-9-18-7-8-19-15(21)14-6-10-20(16(14)22)13-4-2-12(17)3-5-13/h2-5,14,18H,6-11H2,1H3,(H,19,21). The van der Waals surface area contributed by atoms with E-state index in [1.54, 1.807) is 36.3 Å². The summed E-state index contributed by atoms with van der Waals surface area (Å²) in [5.74, 6) is -0.971. The maximum Gasteiger partial charge on any atom is 0.239 e. The zero-order valence-corrected chi connectivity index (χ0v) is 13.9. The smallest absolute Gasteiger partial charge is 0.239 e. The lowest BCUT2D eigenvalue weighted by atomic mass is 10.1. The van der Waals surface area contributed by atoms with E-state index in [1.807, 2.05) is 0 Å². The molecule has 1 aliphatic rings. The monoisotopic (exact) mass is 339 g/mol. The first kappa shape index (κ1) is 17.7. The highest BCUT2D eigenvalue weighted by atomic mass is 35.5. The van der Waals surface area contributed by atoms with Crippen molar-refractivity contribution in [2.24, 2.45) is 5.92 Å². The van der Waals surface area contributed by atoms with Crippen LogP contribution in [0, 0.1) is 5.92 Å². The van der Waals surface area contributed by atoms with Crippen molar-refractivity contribution >= 4 is 29.1 Å². The number of anilines is 1. The fourth-order valence-electron chi connectivity index (χ4n) is 2.50. The Morgan fingerprint density at radius 1 is 1.30 bits per heavy atom. The van der Waals surface area contributed by atoms with Crippen molar-refractivity contribution < 1.29 is 14.3 Å². The van der Waals surface area contributed by atoms with E-state index in [2.05, 4.69) is 10.6 Å². The fraction of sp³-hybridized carbons (Fsp3) is 0.500. The number of benzene rings is 1. The minimum atomic E-state index is -0.607. The van der Waals surface area contributed by atoms with Crippen molar-refractivity contribution in [3.63, 3.8) is 0 Å². The number of amides is 2. The van der Waals surface area contributed by atoms with Crippen LogP contribution in [-0.4, -0.2) is 51.7 Å². The number of hydrogen-bond acceptors (Lipinski definition) is 4. The van der Waals surface area contributed by atoms with Gasteiger partial charge in [-0.2, -0.15) is 0 Å². The molecule has 0 aromatic heterocycles. The summed E-state index contributed by atoms with van der Waals surface area (Å²) < 4.78 is 4.92. The summed E-state index contributed by atoms with van der Waals surface area (Å²) in [5.41, 5.74) is 0.774. The van der Waals surface area contributed by atoms with Crippen LogP contribution < -0.4 is 15.5 Å². The second-order valence-electron chi connectivity index (χ2n) is 5.34. The normalized spacial score (nSPS) is 17.6. The van der Waals surface area contributed by atoms with Crippen LogP contribution in [0.15, 0.2) is 24.3 Å². The quantitative estimate of drug-likeness (QED) is 0.548. The summed E-state index contributed by atoms with van der Waals surface area (Å²) in [6, 6.07) is 7.06. The van der Waals surface area contributed by atoms with Gasteiger partial charge in [0.2, 0.25) is 11.8 Å². The first-order chi connectivity index (χ1) is 11.1. The van der Waals surface area contributed by atoms with Gasteiger partial charge < -0.3 is 20.3 Å². The minimum Gasteiger partial charge on any atom is -0.383 e. The molecule has 2 N–H and O–H groups in total. The first-order valence-electron chi connectivity index (χ1n) is 7.68. The summed E-state index contributed by atoms with van der Waals surface area (Å²) in [6.07, 6.45) is 0.532. The second-order valence-corrected chi connectivity index (χ2v) is 5.78. The van der Waals surface area contributed by atoms with E-state index in [0.29, 0.717) is 37.7 Å². The number of halogens is 1. The van der Waals surface area contributed by atoms with Gasteiger partial charge in [0, 0.05) is 44.0 Å². The third kappa shape index (κ3) is 4.92. The molecule has 2 rings (SSSR count). The largest absolute Gasteiger partial charge is 0.383 e. The predicted molar refractivity (Wildman–Crippen MR) is 89.7 cm³/mol. The van der Waals surface area contributed by atoms with E-state index in [4.69, 9.17) is 16.3 Å². The Morgan fingerprint density at radius 3 is 2.74 bits per heavy atom. The van der Waals surface area contributed by atoms with Crippen LogP contribution >= 0.6 is 11.6 Å². The molecule has 7 heteroatoms. The molecule has 0 saturated carbocycles. The number of nitrogens with one attached hydrogen (secondary N) is 2. The highest BCUT2D eigenvalue weighted by Gasteiger charge is 2.37. The number of methoxy groups -OCH3 is 1. The average molecular weight is 340 g/mol. The summed E-state index contributed by atoms with van der Waals surface area (Å²) >= 11 is 5.86. The molecule has 126 valence electrons. The highest BCUT2D eigenvalue weighted by Crippen LogP contribution is 2.26. The van der Waals surface area contributed by atoms with Crippen LogP contribution in [0.2, 0.25) is 5.02 Å². The van der Waals surface area contributed by atoms with E-state index in [0.717, 1.165) is 12.2 Å². The number of rotatable bonds is 8. The Bertz CT molecular complexity index is 536. The molecule has 0 radical (unpaired) electrons. The number of nitrogens with zero attached hydrogens (tertiary/aromatic N) is 1. The van der Waals surface area contributed by atoms with Crippen LogP contribution in [0.4, 0.5) is 5.69 Å². The van der Waals surface area contributed by atoms with Crippen molar-refractivity contribution in [2.75, 3.05) is 44.8 Å². The van der Waals surface area contributed by atoms with Crippen LogP contribution in [0.3, 0.4) is 0 Å². The van der Waals surface area contributed by atoms with E-state index >= 15 is 0 Å². The first-order valence-corrected chi connectivity index (χ1v) is 8.05. The Morgan fingerprint density at radius 2 is 2.04 bits per heavy atom. The van der Waals surface area contributed by atoms with E-state index in [-0.39, 0.29) is 11.8 Å². The predicted octanol–water partition coefficient (Wildman–Crippen LogP) is 1.05.